The number of benzene rings is 1. The Morgan fingerprint density at radius 2 is 2.09 bits per heavy atom. The molecule has 0 aliphatic heterocycles. The van der Waals surface area contributed by atoms with Crippen molar-refractivity contribution in [1.29, 1.82) is 0 Å². The van der Waals surface area contributed by atoms with E-state index in [0.717, 1.165) is 15.8 Å². The van der Waals surface area contributed by atoms with Gasteiger partial charge in [-0.05, 0) is 48.1 Å². The first-order valence-electron chi connectivity index (χ1n) is 7.26. The van der Waals surface area contributed by atoms with Crippen LogP contribution >= 0.6 is 15.9 Å². The average molecular weight is 378 g/mol. The number of ether oxygens (including phenoxy) is 1. The normalized spacial score (nSPS) is 12.0. The Bertz CT molecular complexity index is 661. The third kappa shape index (κ3) is 4.77. The molecule has 23 heavy (non-hydrogen) atoms. The van der Waals surface area contributed by atoms with Crippen LogP contribution < -0.4 is 10.1 Å². The van der Waals surface area contributed by atoms with Crippen molar-refractivity contribution in [2.75, 3.05) is 26.0 Å². The topological polar surface area (TPSA) is 54.5 Å². The number of nitrogens with one attached hydrogen (secondary N) is 1. The van der Waals surface area contributed by atoms with Crippen LogP contribution in [0.4, 0.5) is 5.82 Å². The lowest BCUT2D eigenvalue weighted by Gasteiger charge is -2.25. The summed E-state index contributed by atoms with van der Waals surface area (Å²) in [5.74, 6) is 1.25. The zero-order valence-corrected chi connectivity index (χ0v) is 15.0. The molecule has 122 valence electrons. The van der Waals surface area contributed by atoms with Crippen LogP contribution in [0.1, 0.15) is 18.5 Å². The first-order valence-corrected chi connectivity index (χ1v) is 8.05. The molecule has 0 spiro atoms. The van der Waals surface area contributed by atoms with E-state index in [1.165, 1.54) is 0 Å². The van der Waals surface area contributed by atoms with E-state index in [1.54, 1.807) is 19.4 Å². The Balaban J connectivity index is 1.98. The molecule has 0 aliphatic rings. The van der Waals surface area contributed by atoms with E-state index in [4.69, 9.17) is 4.74 Å². The summed E-state index contributed by atoms with van der Waals surface area (Å²) in [7, 11) is 3.56. The summed E-state index contributed by atoms with van der Waals surface area (Å²) < 4.78 is 6.26. The minimum atomic E-state index is -0.107. The van der Waals surface area contributed by atoms with Gasteiger partial charge in [0, 0.05) is 22.3 Å². The van der Waals surface area contributed by atoms with Crippen LogP contribution in [-0.4, -0.2) is 36.5 Å². The number of rotatable bonds is 6. The van der Waals surface area contributed by atoms with Crippen LogP contribution in [0.15, 0.2) is 47.1 Å². The zero-order valence-electron chi connectivity index (χ0n) is 13.4. The van der Waals surface area contributed by atoms with E-state index in [-0.39, 0.29) is 18.5 Å². The molecule has 1 aromatic carbocycles. The number of hydrogen-bond donors (Lipinski definition) is 1. The average Bonchev–Trinajstić information content (AvgIpc) is 2.56. The van der Waals surface area contributed by atoms with Crippen molar-refractivity contribution >= 4 is 27.7 Å². The Morgan fingerprint density at radius 3 is 2.74 bits per heavy atom. The second-order valence-electron chi connectivity index (χ2n) is 5.24. The van der Waals surface area contributed by atoms with Gasteiger partial charge in [-0.25, -0.2) is 4.98 Å². The van der Waals surface area contributed by atoms with Crippen molar-refractivity contribution in [3.05, 3.63) is 52.6 Å². The van der Waals surface area contributed by atoms with Gasteiger partial charge in [-0.3, -0.25) is 9.69 Å². The largest absolute Gasteiger partial charge is 0.496 e. The van der Waals surface area contributed by atoms with Gasteiger partial charge in [0.15, 0.2) is 0 Å². The molecule has 1 atom stereocenters. The smallest absolute Gasteiger partial charge is 0.239 e. The van der Waals surface area contributed by atoms with E-state index in [9.17, 15) is 4.79 Å². The monoisotopic (exact) mass is 377 g/mol. The highest BCUT2D eigenvalue weighted by molar-refractivity contribution is 9.10. The fourth-order valence-corrected chi connectivity index (χ4v) is 2.48. The molecule has 0 bridgehead atoms. The number of nitrogens with zero attached hydrogens (tertiary/aromatic N) is 2. The van der Waals surface area contributed by atoms with Crippen molar-refractivity contribution in [3.8, 4) is 5.75 Å². The molecule has 2 rings (SSSR count). The van der Waals surface area contributed by atoms with Gasteiger partial charge in [-0.2, -0.15) is 0 Å². The second-order valence-corrected chi connectivity index (χ2v) is 6.16. The lowest BCUT2D eigenvalue weighted by Crippen LogP contribution is -2.32. The quantitative estimate of drug-likeness (QED) is 0.836. The third-order valence-corrected chi connectivity index (χ3v) is 4.11. The maximum absolute atomic E-state index is 12.2. The number of hydrogen-bond acceptors (Lipinski definition) is 4. The lowest BCUT2D eigenvalue weighted by atomic mass is 10.1. The second kappa shape index (κ2) is 8.08. The van der Waals surface area contributed by atoms with Crippen LogP contribution in [0.5, 0.6) is 5.75 Å². The Hall–Kier alpha value is -1.92. The van der Waals surface area contributed by atoms with E-state index in [1.807, 2.05) is 49.2 Å². The van der Waals surface area contributed by atoms with Gasteiger partial charge in [-0.1, -0.05) is 18.2 Å². The zero-order chi connectivity index (χ0) is 16.8. The first-order chi connectivity index (χ1) is 11.0. The number of anilines is 1. The molecule has 2 aromatic rings. The van der Waals surface area contributed by atoms with Gasteiger partial charge < -0.3 is 10.1 Å². The minimum Gasteiger partial charge on any atom is -0.496 e. The number of carbonyl (C=O) groups excluding carboxylic acids is 1. The van der Waals surface area contributed by atoms with E-state index < -0.39 is 0 Å². The summed E-state index contributed by atoms with van der Waals surface area (Å²) in [5.41, 5.74) is 1.05. The molecule has 6 heteroatoms. The number of pyridine rings is 1. The molecule has 0 saturated heterocycles. The van der Waals surface area contributed by atoms with Gasteiger partial charge in [0.25, 0.3) is 0 Å². The fourth-order valence-electron chi connectivity index (χ4n) is 2.24. The Labute approximate surface area is 144 Å². The standard InChI is InChI=1S/C17H20BrN3O2/c1-12(14-6-4-5-7-15(14)23-3)21(2)11-17(22)20-16-9-8-13(18)10-19-16/h4-10,12H,11H2,1-3H3,(H,19,20,22). The number of carbonyl (C=O) groups is 1. The maximum Gasteiger partial charge on any atom is 0.239 e. The molecule has 1 N–H and O–H groups in total. The molecule has 1 unspecified atom stereocenters. The molecule has 1 aromatic heterocycles. The van der Waals surface area contributed by atoms with Crippen LogP contribution in [0.25, 0.3) is 0 Å². The third-order valence-electron chi connectivity index (χ3n) is 3.64. The highest BCUT2D eigenvalue weighted by atomic mass is 79.9. The van der Waals surface area contributed by atoms with Gasteiger partial charge >= 0.3 is 0 Å². The van der Waals surface area contributed by atoms with Gasteiger partial charge in [0.05, 0.1) is 13.7 Å². The molecule has 0 radical (unpaired) electrons. The number of para-hydroxylation sites is 1. The molecular formula is C17H20BrN3O2. The van der Waals surface area contributed by atoms with Crippen LogP contribution in [0.2, 0.25) is 0 Å². The summed E-state index contributed by atoms with van der Waals surface area (Å²) in [6, 6.07) is 11.5. The number of methoxy groups -OCH3 is 1. The minimum absolute atomic E-state index is 0.0507. The Kier molecular flexibility index (Phi) is 6.12. The Morgan fingerprint density at radius 1 is 1.35 bits per heavy atom. The summed E-state index contributed by atoms with van der Waals surface area (Å²) in [5, 5.41) is 2.79. The van der Waals surface area contributed by atoms with Crippen LogP contribution in [0, 0.1) is 0 Å². The number of likely N-dealkylation sites (N-methyl/N-ethyl adjacent to an activating group) is 1. The predicted octanol–water partition coefficient (Wildman–Crippen LogP) is 3.48. The van der Waals surface area contributed by atoms with Crippen molar-refractivity contribution in [3.63, 3.8) is 0 Å². The molecule has 0 aliphatic carbocycles. The molecule has 0 fully saturated rings. The lowest BCUT2D eigenvalue weighted by molar-refractivity contribution is -0.117. The molecule has 5 nitrogen and oxygen atoms in total. The number of halogens is 1. The molecule has 1 amide bonds. The summed E-state index contributed by atoms with van der Waals surface area (Å²) in [6.07, 6.45) is 1.65. The van der Waals surface area contributed by atoms with Crippen LogP contribution in [0.3, 0.4) is 0 Å². The first kappa shape index (κ1) is 17.4. The summed E-state index contributed by atoms with van der Waals surface area (Å²) >= 11 is 3.32. The summed E-state index contributed by atoms with van der Waals surface area (Å²) in [6.45, 7) is 2.31. The van der Waals surface area contributed by atoms with E-state index in [2.05, 4.69) is 26.2 Å². The highest BCUT2D eigenvalue weighted by Gasteiger charge is 2.18. The summed E-state index contributed by atoms with van der Waals surface area (Å²) in [4.78, 5) is 18.3. The highest BCUT2D eigenvalue weighted by Crippen LogP contribution is 2.27. The van der Waals surface area contributed by atoms with E-state index in [0.29, 0.717) is 5.82 Å². The predicted molar refractivity (Wildman–Crippen MR) is 94.6 cm³/mol. The van der Waals surface area contributed by atoms with Gasteiger partial charge in [0.2, 0.25) is 5.91 Å². The van der Waals surface area contributed by atoms with Crippen molar-refractivity contribution < 1.29 is 9.53 Å². The molecular weight excluding hydrogens is 358 g/mol. The number of aromatic nitrogens is 1. The van der Waals surface area contributed by atoms with Crippen molar-refractivity contribution in [2.45, 2.75) is 13.0 Å². The van der Waals surface area contributed by atoms with Gasteiger partial charge in [0.1, 0.15) is 11.6 Å². The maximum atomic E-state index is 12.2. The van der Waals surface area contributed by atoms with Crippen LogP contribution in [-0.2, 0) is 4.79 Å². The molecule has 0 saturated carbocycles. The van der Waals surface area contributed by atoms with Crippen molar-refractivity contribution in [2.24, 2.45) is 0 Å². The molecule has 1 heterocycles. The van der Waals surface area contributed by atoms with Crippen molar-refractivity contribution in [1.82, 2.24) is 9.88 Å². The van der Waals surface area contributed by atoms with Gasteiger partial charge in [-0.15, -0.1) is 0 Å². The number of amides is 1. The SMILES string of the molecule is COc1ccccc1C(C)N(C)CC(=O)Nc1ccc(Br)cn1. The fraction of sp³-hybridized carbons (Fsp3) is 0.294. The van der Waals surface area contributed by atoms with E-state index >= 15 is 0 Å².